The van der Waals surface area contributed by atoms with Crippen molar-refractivity contribution in [3.05, 3.63) is 0 Å². The molecule has 0 saturated carbocycles. The van der Waals surface area contributed by atoms with Crippen LogP contribution < -0.4 is 5.32 Å². The van der Waals surface area contributed by atoms with Crippen molar-refractivity contribution >= 4 is 0 Å². The Kier molecular flexibility index (Phi) is 3.59. The zero-order valence-electron chi connectivity index (χ0n) is 7.82. The van der Waals surface area contributed by atoms with Gasteiger partial charge in [-0.05, 0) is 38.3 Å². The molecule has 0 aliphatic carbocycles. The largest absolute Gasteiger partial charge is 0.391 e. The molecule has 1 unspecified atom stereocenters. The molecule has 0 bridgehead atoms. The van der Waals surface area contributed by atoms with Crippen molar-refractivity contribution in [1.82, 2.24) is 5.32 Å². The highest BCUT2D eigenvalue weighted by Gasteiger charge is 2.37. The van der Waals surface area contributed by atoms with Gasteiger partial charge in [0.25, 0.3) is 0 Å². The average molecular weight is 195 g/mol. The summed E-state index contributed by atoms with van der Waals surface area (Å²) in [6.45, 7) is 3.02. The van der Waals surface area contributed by atoms with E-state index in [1.54, 1.807) is 0 Å². The highest BCUT2D eigenvalue weighted by molar-refractivity contribution is 4.73. The molecular weight excluding hydrogens is 179 g/mol. The standard InChI is InChI=1S/C9H16F3N/c1-7(9(10,11)12)6-8-2-4-13-5-3-8/h7-8,13H,2-6H2,1H3. The second-order valence-corrected chi connectivity index (χ2v) is 3.87. The second-order valence-electron chi connectivity index (χ2n) is 3.87. The Morgan fingerprint density at radius 1 is 1.31 bits per heavy atom. The smallest absolute Gasteiger partial charge is 0.317 e. The summed E-state index contributed by atoms with van der Waals surface area (Å²) in [5.41, 5.74) is 0. The summed E-state index contributed by atoms with van der Waals surface area (Å²) in [6, 6.07) is 0. The third-order valence-corrected chi connectivity index (χ3v) is 2.70. The van der Waals surface area contributed by atoms with Gasteiger partial charge in [0.05, 0.1) is 5.92 Å². The minimum Gasteiger partial charge on any atom is -0.317 e. The summed E-state index contributed by atoms with van der Waals surface area (Å²) in [4.78, 5) is 0. The summed E-state index contributed by atoms with van der Waals surface area (Å²) < 4.78 is 36.6. The molecule has 1 fully saturated rings. The topological polar surface area (TPSA) is 12.0 Å². The SMILES string of the molecule is CC(CC1CCNCC1)C(F)(F)F. The van der Waals surface area contributed by atoms with Gasteiger partial charge in [-0.2, -0.15) is 13.2 Å². The lowest BCUT2D eigenvalue weighted by Crippen LogP contribution is -2.31. The van der Waals surface area contributed by atoms with E-state index in [0.29, 0.717) is 6.42 Å². The van der Waals surface area contributed by atoms with Crippen LogP contribution in [0.25, 0.3) is 0 Å². The van der Waals surface area contributed by atoms with Gasteiger partial charge in [-0.3, -0.25) is 0 Å². The molecule has 0 aromatic heterocycles. The molecule has 1 heterocycles. The maximum absolute atomic E-state index is 12.2. The van der Waals surface area contributed by atoms with Crippen LogP contribution in [0.1, 0.15) is 26.2 Å². The molecule has 1 N–H and O–H groups in total. The van der Waals surface area contributed by atoms with Gasteiger partial charge in [0.15, 0.2) is 0 Å². The predicted molar refractivity (Wildman–Crippen MR) is 45.4 cm³/mol. The molecule has 0 spiro atoms. The van der Waals surface area contributed by atoms with E-state index in [1.807, 2.05) is 0 Å². The number of hydrogen-bond acceptors (Lipinski definition) is 1. The first-order chi connectivity index (χ1) is 6.00. The predicted octanol–water partition coefficient (Wildman–Crippen LogP) is 2.57. The van der Waals surface area contributed by atoms with E-state index in [2.05, 4.69) is 5.32 Å². The van der Waals surface area contributed by atoms with E-state index in [0.717, 1.165) is 25.9 Å². The van der Waals surface area contributed by atoms with Gasteiger partial charge in [-0.15, -0.1) is 0 Å². The van der Waals surface area contributed by atoms with E-state index in [1.165, 1.54) is 6.92 Å². The van der Waals surface area contributed by atoms with Crippen LogP contribution in [0.3, 0.4) is 0 Å². The fourth-order valence-electron chi connectivity index (χ4n) is 1.75. The zero-order chi connectivity index (χ0) is 9.90. The minimum absolute atomic E-state index is 0.262. The van der Waals surface area contributed by atoms with Crippen LogP contribution in [-0.2, 0) is 0 Å². The van der Waals surface area contributed by atoms with Crippen molar-refractivity contribution in [2.45, 2.75) is 32.4 Å². The molecule has 13 heavy (non-hydrogen) atoms. The van der Waals surface area contributed by atoms with Crippen LogP contribution >= 0.6 is 0 Å². The van der Waals surface area contributed by atoms with E-state index in [4.69, 9.17) is 0 Å². The van der Waals surface area contributed by atoms with E-state index >= 15 is 0 Å². The van der Waals surface area contributed by atoms with Crippen molar-refractivity contribution in [2.24, 2.45) is 11.8 Å². The highest BCUT2D eigenvalue weighted by atomic mass is 19.4. The fourth-order valence-corrected chi connectivity index (χ4v) is 1.75. The van der Waals surface area contributed by atoms with Crippen LogP contribution in [0.4, 0.5) is 13.2 Å². The van der Waals surface area contributed by atoms with Gasteiger partial charge in [0.1, 0.15) is 0 Å². The van der Waals surface area contributed by atoms with Gasteiger partial charge in [-0.1, -0.05) is 6.92 Å². The Hall–Kier alpha value is -0.250. The molecule has 1 atom stereocenters. The maximum Gasteiger partial charge on any atom is 0.391 e. The molecule has 0 aromatic carbocycles. The molecule has 1 saturated heterocycles. The monoisotopic (exact) mass is 195 g/mol. The number of rotatable bonds is 2. The summed E-state index contributed by atoms with van der Waals surface area (Å²) in [6.07, 6.45) is -1.93. The van der Waals surface area contributed by atoms with Crippen molar-refractivity contribution in [1.29, 1.82) is 0 Å². The first-order valence-corrected chi connectivity index (χ1v) is 4.77. The summed E-state index contributed by atoms with van der Waals surface area (Å²) in [5, 5.41) is 3.15. The number of hydrogen-bond donors (Lipinski definition) is 1. The van der Waals surface area contributed by atoms with Crippen LogP contribution in [0.15, 0.2) is 0 Å². The van der Waals surface area contributed by atoms with Gasteiger partial charge in [0, 0.05) is 0 Å². The number of halogens is 3. The normalized spacial score (nSPS) is 23.1. The minimum atomic E-state index is -4.01. The lowest BCUT2D eigenvalue weighted by atomic mass is 9.88. The Morgan fingerprint density at radius 3 is 2.31 bits per heavy atom. The van der Waals surface area contributed by atoms with E-state index in [-0.39, 0.29) is 5.92 Å². The average Bonchev–Trinajstić information content (AvgIpc) is 2.04. The van der Waals surface area contributed by atoms with Crippen molar-refractivity contribution in [2.75, 3.05) is 13.1 Å². The lowest BCUT2D eigenvalue weighted by molar-refractivity contribution is -0.174. The molecule has 78 valence electrons. The summed E-state index contributed by atoms with van der Waals surface area (Å²) >= 11 is 0. The first-order valence-electron chi connectivity index (χ1n) is 4.77. The third-order valence-electron chi connectivity index (χ3n) is 2.70. The molecule has 0 aromatic rings. The number of piperidine rings is 1. The van der Waals surface area contributed by atoms with Gasteiger partial charge >= 0.3 is 6.18 Å². The highest BCUT2D eigenvalue weighted by Crippen LogP contribution is 2.32. The van der Waals surface area contributed by atoms with Gasteiger partial charge in [-0.25, -0.2) is 0 Å². The van der Waals surface area contributed by atoms with Crippen LogP contribution in [-0.4, -0.2) is 19.3 Å². The number of alkyl halides is 3. The van der Waals surface area contributed by atoms with Crippen LogP contribution in [0.5, 0.6) is 0 Å². The lowest BCUT2D eigenvalue weighted by Gasteiger charge is -2.26. The molecule has 1 rings (SSSR count). The molecule has 1 aliphatic rings. The van der Waals surface area contributed by atoms with E-state index < -0.39 is 12.1 Å². The van der Waals surface area contributed by atoms with Crippen LogP contribution in [0, 0.1) is 11.8 Å². The van der Waals surface area contributed by atoms with Crippen molar-refractivity contribution < 1.29 is 13.2 Å². The Balaban J connectivity index is 2.30. The fraction of sp³-hybridized carbons (Fsp3) is 1.00. The molecule has 1 aliphatic heterocycles. The Labute approximate surface area is 76.7 Å². The molecular formula is C9H16F3N. The van der Waals surface area contributed by atoms with Crippen LogP contribution in [0.2, 0.25) is 0 Å². The van der Waals surface area contributed by atoms with Crippen molar-refractivity contribution in [3.63, 3.8) is 0 Å². The van der Waals surface area contributed by atoms with Crippen molar-refractivity contribution in [3.8, 4) is 0 Å². The number of nitrogens with one attached hydrogen (secondary N) is 1. The quantitative estimate of drug-likeness (QED) is 0.714. The van der Waals surface area contributed by atoms with Gasteiger partial charge in [0.2, 0.25) is 0 Å². The maximum atomic E-state index is 12.2. The first kappa shape index (κ1) is 10.8. The van der Waals surface area contributed by atoms with E-state index in [9.17, 15) is 13.2 Å². The summed E-state index contributed by atoms with van der Waals surface area (Å²) in [7, 11) is 0. The Bertz CT molecular complexity index is 149. The molecule has 0 amide bonds. The summed E-state index contributed by atoms with van der Waals surface area (Å²) in [5.74, 6) is -0.881. The zero-order valence-corrected chi connectivity index (χ0v) is 7.82. The third kappa shape index (κ3) is 3.55. The molecule has 0 radical (unpaired) electrons. The molecule has 4 heteroatoms. The second kappa shape index (κ2) is 4.31. The molecule has 1 nitrogen and oxygen atoms in total. The van der Waals surface area contributed by atoms with Gasteiger partial charge < -0.3 is 5.32 Å². The Morgan fingerprint density at radius 2 is 1.85 bits per heavy atom.